The summed E-state index contributed by atoms with van der Waals surface area (Å²) in [5.74, 6) is -0.368. The molecule has 0 aliphatic rings. The molecule has 4 rings (SSSR count). The van der Waals surface area contributed by atoms with Gasteiger partial charge in [-0.2, -0.15) is 5.10 Å². The molecular weight excluding hydrogens is 330 g/mol. The predicted molar refractivity (Wildman–Crippen MR) is 96.9 cm³/mol. The first-order chi connectivity index (χ1) is 12.7. The highest BCUT2D eigenvalue weighted by atomic mass is 16.5. The molecule has 132 valence electrons. The third-order valence-electron chi connectivity index (χ3n) is 4.36. The fraction of sp³-hybridized carbons (Fsp3) is 0.211. The third kappa shape index (κ3) is 2.67. The molecule has 0 radical (unpaired) electrons. The Balaban J connectivity index is 1.99. The molecule has 7 heteroatoms. The summed E-state index contributed by atoms with van der Waals surface area (Å²) in [4.78, 5) is 20.1. The Bertz CT molecular complexity index is 1050. The van der Waals surface area contributed by atoms with Gasteiger partial charge in [-0.05, 0) is 13.0 Å². The molecule has 0 aliphatic heterocycles. The second-order valence-corrected chi connectivity index (χ2v) is 6.04. The summed E-state index contributed by atoms with van der Waals surface area (Å²) in [6.07, 6.45) is 9.10. The van der Waals surface area contributed by atoms with Crippen molar-refractivity contribution in [2.45, 2.75) is 13.0 Å². The molecule has 0 saturated heterocycles. The minimum atomic E-state index is -0.368. The van der Waals surface area contributed by atoms with E-state index in [1.54, 1.807) is 30.3 Å². The number of nitrogens with one attached hydrogen (secondary N) is 1. The number of aromatic nitrogens is 5. The fourth-order valence-corrected chi connectivity index (χ4v) is 3.30. The minimum absolute atomic E-state index is 0.248. The maximum absolute atomic E-state index is 12.6. The molecule has 0 aliphatic carbocycles. The fourth-order valence-electron chi connectivity index (χ4n) is 3.30. The van der Waals surface area contributed by atoms with Crippen LogP contribution in [0, 0.1) is 0 Å². The summed E-state index contributed by atoms with van der Waals surface area (Å²) in [5.41, 5.74) is 3.15. The van der Waals surface area contributed by atoms with Crippen LogP contribution in [0.4, 0.5) is 0 Å². The van der Waals surface area contributed by atoms with Gasteiger partial charge < -0.3 is 14.3 Å². The van der Waals surface area contributed by atoms with E-state index in [1.807, 2.05) is 48.3 Å². The Morgan fingerprint density at radius 3 is 2.88 bits per heavy atom. The molecule has 1 N–H and O–H groups in total. The number of aromatic amines is 1. The zero-order valence-electron chi connectivity index (χ0n) is 14.6. The molecular formula is C19H19N5O2. The molecule has 0 bridgehead atoms. The Kier molecular flexibility index (Phi) is 4.04. The van der Waals surface area contributed by atoms with Gasteiger partial charge in [0.1, 0.15) is 5.69 Å². The highest BCUT2D eigenvalue weighted by Gasteiger charge is 2.28. The van der Waals surface area contributed by atoms with E-state index in [1.165, 1.54) is 0 Å². The number of benzene rings is 1. The van der Waals surface area contributed by atoms with E-state index in [0.717, 1.165) is 22.0 Å². The lowest BCUT2D eigenvalue weighted by Gasteiger charge is -2.18. The van der Waals surface area contributed by atoms with E-state index < -0.39 is 0 Å². The average Bonchev–Trinajstić information content (AvgIpc) is 3.37. The highest BCUT2D eigenvalue weighted by Crippen LogP contribution is 2.35. The van der Waals surface area contributed by atoms with Crippen molar-refractivity contribution in [1.29, 1.82) is 0 Å². The Morgan fingerprint density at radius 2 is 2.19 bits per heavy atom. The standard InChI is InChI=1S/C19H19N5O2/c1-3-26-19(25)17-16(14-6-4-5-7-15(14)22-17)18(24-9-8-20-12-24)13-10-21-23(2)11-13/h4-12,18,22H,3H2,1-2H3. The van der Waals surface area contributed by atoms with Gasteiger partial charge in [0.05, 0.1) is 25.2 Å². The summed E-state index contributed by atoms with van der Waals surface area (Å²) in [6, 6.07) is 7.61. The van der Waals surface area contributed by atoms with Crippen LogP contribution >= 0.6 is 0 Å². The maximum Gasteiger partial charge on any atom is 0.355 e. The van der Waals surface area contributed by atoms with Gasteiger partial charge >= 0.3 is 5.97 Å². The molecule has 1 aromatic carbocycles. The zero-order valence-corrected chi connectivity index (χ0v) is 14.6. The number of nitrogens with zero attached hydrogens (tertiary/aromatic N) is 4. The first kappa shape index (κ1) is 16.1. The van der Waals surface area contributed by atoms with Crippen LogP contribution < -0.4 is 0 Å². The predicted octanol–water partition coefficient (Wildman–Crippen LogP) is 2.91. The smallest absolute Gasteiger partial charge is 0.355 e. The quantitative estimate of drug-likeness (QED) is 0.562. The van der Waals surface area contributed by atoms with Gasteiger partial charge in [-0.1, -0.05) is 18.2 Å². The summed E-state index contributed by atoms with van der Waals surface area (Å²) in [5, 5.41) is 5.28. The third-order valence-corrected chi connectivity index (χ3v) is 4.36. The molecule has 4 aromatic rings. The van der Waals surface area contributed by atoms with E-state index in [2.05, 4.69) is 15.1 Å². The van der Waals surface area contributed by atoms with Crippen molar-refractivity contribution in [3.05, 3.63) is 72.2 Å². The van der Waals surface area contributed by atoms with Gasteiger partial charge in [-0.15, -0.1) is 0 Å². The number of para-hydroxylation sites is 1. The highest BCUT2D eigenvalue weighted by molar-refractivity contribution is 5.99. The van der Waals surface area contributed by atoms with Crippen molar-refractivity contribution in [3.8, 4) is 0 Å². The zero-order chi connectivity index (χ0) is 18.1. The first-order valence-corrected chi connectivity index (χ1v) is 8.42. The van der Waals surface area contributed by atoms with E-state index in [0.29, 0.717) is 12.3 Å². The SMILES string of the molecule is CCOC(=O)c1[nH]c2ccccc2c1C(c1cnn(C)c1)n1ccnc1. The van der Waals surface area contributed by atoms with Crippen LogP contribution in [0.15, 0.2) is 55.4 Å². The van der Waals surface area contributed by atoms with Crippen molar-refractivity contribution in [2.75, 3.05) is 6.61 Å². The van der Waals surface area contributed by atoms with Crippen LogP contribution in [0.2, 0.25) is 0 Å². The number of carbonyl (C=O) groups is 1. The second kappa shape index (κ2) is 6.51. The maximum atomic E-state index is 12.6. The Labute approximate surface area is 150 Å². The number of hydrogen-bond acceptors (Lipinski definition) is 4. The molecule has 1 unspecified atom stereocenters. The molecule has 0 spiro atoms. The van der Waals surface area contributed by atoms with Crippen molar-refractivity contribution in [3.63, 3.8) is 0 Å². The monoisotopic (exact) mass is 349 g/mol. The Morgan fingerprint density at radius 1 is 1.35 bits per heavy atom. The number of fused-ring (bicyclic) bond motifs is 1. The van der Waals surface area contributed by atoms with Crippen molar-refractivity contribution in [1.82, 2.24) is 24.3 Å². The number of hydrogen-bond donors (Lipinski definition) is 1. The summed E-state index contributed by atoms with van der Waals surface area (Å²) >= 11 is 0. The lowest BCUT2D eigenvalue weighted by molar-refractivity contribution is 0.0519. The topological polar surface area (TPSA) is 77.7 Å². The van der Waals surface area contributed by atoms with Crippen LogP contribution in [0.1, 0.15) is 34.6 Å². The van der Waals surface area contributed by atoms with Crippen molar-refractivity contribution < 1.29 is 9.53 Å². The summed E-state index contributed by atoms with van der Waals surface area (Å²) in [6.45, 7) is 2.12. The largest absolute Gasteiger partial charge is 0.461 e. The second-order valence-electron chi connectivity index (χ2n) is 6.04. The first-order valence-electron chi connectivity index (χ1n) is 8.42. The van der Waals surface area contributed by atoms with Crippen molar-refractivity contribution >= 4 is 16.9 Å². The Hall–Kier alpha value is -3.35. The number of ether oxygens (including phenoxy) is 1. The van der Waals surface area contributed by atoms with E-state index >= 15 is 0 Å². The summed E-state index contributed by atoms with van der Waals surface area (Å²) in [7, 11) is 1.87. The average molecular weight is 349 g/mol. The lowest BCUT2D eigenvalue weighted by Crippen LogP contribution is -2.15. The van der Waals surface area contributed by atoms with Crippen molar-refractivity contribution in [2.24, 2.45) is 7.05 Å². The molecule has 0 amide bonds. The van der Waals surface area contributed by atoms with Crippen LogP contribution in [0.3, 0.4) is 0 Å². The lowest BCUT2D eigenvalue weighted by atomic mass is 9.97. The molecule has 0 saturated carbocycles. The van der Waals surface area contributed by atoms with Gasteiger partial charge in [0, 0.05) is 47.7 Å². The molecule has 7 nitrogen and oxygen atoms in total. The minimum Gasteiger partial charge on any atom is -0.461 e. The number of carbonyl (C=O) groups excluding carboxylic acids is 1. The van der Waals surface area contributed by atoms with E-state index in [9.17, 15) is 4.79 Å². The van der Waals surface area contributed by atoms with Crippen LogP contribution in [0.5, 0.6) is 0 Å². The molecule has 26 heavy (non-hydrogen) atoms. The molecule has 3 heterocycles. The van der Waals surface area contributed by atoms with Gasteiger partial charge in [0.2, 0.25) is 0 Å². The van der Waals surface area contributed by atoms with Gasteiger partial charge in [-0.25, -0.2) is 9.78 Å². The van der Waals surface area contributed by atoms with Crippen LogP contribution in [-0.2, 0) is 11.8 Å². The van der Waals surface area contributed by atoms with Crippen LogP contribution in [-0.4, -0.2) is 36.9 Å². The number of rotatable bonds is 5. The van der Waals surface area contributed by atoms with Gasteiger partial charge in [-0.3, -0.25) is 4.68 Å². The van der Waals surface area contributed by atoms with E-state index in [4.69, 9.17) is 4.74 Å². The van der Waals surface area contributed by atoms with Gasteiger partial charge in [0.25, 0.3) is 0 Å². The number of esters is 1. The molecule has 1 atom stereocenters. The van der Waals surface area contributed by atoms with E-state index in [-0.39, 0.29) is 12.0 Å². The summed E-state index contributed by atoms with van der Waals surface area (Å²) < 4.78 is 9.01. The molecule has 0 fully saturated rings. The van der Waals surface area contributed by atoms with Gasteiger partial charge in [0.15, 0.2) is 0 Å². The number of aryl methyl sites for hydroxylation is 1. The normalized spacial score (nSPS) is 12.4. The van der Waals surface area contributed by atoms with Crippen LogP contribution in [0.25, 0.3) is 10.9 Å². The number of imidazole rings is 1. The number of H-pyrrole nitrogens is 1. The molecule has 3 aromatic heterocycles.